The molecule has 1 aromatic carbocycles. The number of hydrogen-bond acceptors (Lipinski definition) is 2. The summed E-state index contributed by atoms with van der Waals surface area (Å²) in [6.45, 7) is 0.795. The van der Waals surface area contributed by atoms with Gasteiger partial charge in [0.2, 0.25) is 0 Å². The van der Waals surface area contributed by atoms with Gasteiger partial charge >= 0.3 is 5.92 Å². The predicted octanol–water partition coefficient (Wildman–Crippen LogP) is 2.48. The third-order valence-electron chi connectivity index (χ3n) is 1.94. The van der Waals surface area contributed by atoms with Crippen LogP contribution in [0.2, 0.25) is 0 Å². The fourth-order valence-electron chi connectivity index (χ4n) is 1.23. The Kier molecular flexibility index (Phi) is 1.98. The molecule has 0 fully saturated rings. The molecule has 1 aliphatic rings. The summed E-state index contributed by atoms with van der Waals surface area (Å²) in [6.07, 6.45) is 0.0124. The van der Waals surface area contributed by atoms with Crippen molar-refractivity contribution in [3.05, 3.63) is 29.8 Å². The van der Waals surface area contributed by atoms with Crippen molar-refractivity contribution in [2.24, 2.45) is 4.99 Å². The summed E-state index contributed by atoms with van der Waals surface area (Å²) in [5, 5.41) is 0. The molecule has 0 radical (unpaired) electrons. The molecule has 1 atom stereocenters. The van der Waals surface area contributed by atoms with Gasteiger partial charge in [0.1, 0.15) is 5.75 Å². The topological polar surface area (TPSA) is 21.6 Å². The van der Waals surface area contributed by atoms with Crippen molar-refractivity contribution in [2.45, 2.75) is 19.1 Å². The number of alkyl halides is 2. The van der Waals surface area contributed by atoms with E-state index in [1.165, 1.54) is 6.21 Å². The van der Waals surface area contributed by atoms with Crippen LogP contribution in [0.4, 0.5) is 8.78 Å². The number of ether oxygens (including phenoxy) is 1. The van der Waals surface area contributed by atoms with Crippen LogP contribution >= 0.6 is 0 Å². The maximum atomic E-state index is 12.9. The Morgan fingerprint density at radius 3 is 2.79 bits per heavy atom. The summed E-state index contributed by atoms with van der Waals surface area (Å²) in [4.78, 5) is 3.64. The van der Waals surface area contributed by atoms with E-state index in [1.54, 1.807) is 24.3 Å². The van der Waals surface area contributed by atoms with Gasteiger partial charge in [0.25, 0.3) is 6.23 Å². The lowest BCUT2D eigenvalue weighted by Gasteiger charge is -2.24. The van der Waals surface area contributed by atoms with Crippen molar-refractivity contribution >= 4 is 6.21 Å². The lowest BCUT2D eigenvalue weighted by atomic mass is 10.2. The van der Waals surface area contributed by atoms with Crippen molar-refractivity contribution in [3.63, 3.8) is 0 Å². The molecule has 0 N–H and O–H groups in total. The first-order valence-corrected chi connectivity index (χ1v) is 4.24. The minimum Gasteiger partial charge on any atom is -0.462 e. The van der Waals surface area contributed by atoms with Crippen molar-refractivity contribution in [3.8, 4) is 5.75 Å². The molecule has 14 heavy (non-hydrogen) atoms. The molecule has 1 unspecified atom stereocenters. The molecule has 0 amide bonds. The fraction of sp³-hybridized carbons (Fsp3) is 0.300. The zero-order chi connectivity index (χ0) is 10.2. The Balaban J connectivity index is 2.30. The molecular weight excluding hydrogens is 188 g/mol. The number of hydrogen-bond donors (Lipinski definition) is 0. The van der Waals surface area contributed by atoms with Crippen molar-refractivity contribution in [2.75, 3.05) is 0 Å². The summed E-state index contributed by atoms with van der Waals surface area (Å²) in [7, 11) is 0. The van der Waals surface area contributed by atoms with E-state index in [9.17, 15) is 8.78 Å². The highest BCUT2D eigenvalue weighted by Gasteiger charge is 2.37. The predicted molar refractivity (Wildman–Crippen MR) is 49.1 cm³/mol. The van der Waals surface area contributed by atoms with Gasteiger partial charge in [0.05, 0.1) is 0 Å². The minimum absolute atomic E-state index is 0.453. The number of para-hydroxylation sites is 1. The average Bonchev–Trinajstić information content (AvgIpc) is 2.16. The van der Waals surface area contributed by atoms with Crippen molar-refractivity contribution in [1.29, 1.82) is 0 Å². The van der Waals surface area contributed by atoms with Crippen LogP contribution in [0.5, 0.6) is 5.75 Å². The Hall–Kier alpha value is -1.45. The first-order valence-electron chi connectivity index (χ1n) is 4.24. The van der Waals surface area contributed by atoms with Crippen LogP contribution in [0, 0.1) is 0 Å². The molecule has 0 spiro atoms. The molecule has 0 aromatic heterocycles. The van der Waals surface area contributed by atoms with Gasteiger partial charge in [-0.2, -0.15) is 0 Å². The Morgan fingerprint density at radius 2 is 2.07 bits per heavy atom. The van der Waals surface area contributed by atoms with Crippen LogP contribution in [-0.4, -0.2) is 18.4 Å². The molecule has 4 heteroatoms. The standard InChI is InChI=1S/C10H9F2NO/c1-10(11,12)9-13-6-7-4-2-3-5-8(7)14-9/h2-6,9H,1H3. The normalized spacial score (nSPS) is 20.1. The van der Waals surface area contributed by atoms with E-state index in [1.807, 2.05) is 0 Å². The number of rotatable bonds is 1. The van der Waals surface area contributed by atoms with Crippen LogP contribution in [0.3, 0.4) is 0 Å². The number of nitrogens with zero attached hydrogens (tertiary/aromatic N) is 1. The highest BCUT2D eigenvalue weighted by atomic mass is 19.3. The van der Waals surface area contributed by atoms with Crippen LogP contribution in [0.1, 0.15) is 12.5 Å². The van der Waals surface area contributed by atoms with Gasteiger partial charge in [-0.15, -0.1) is 0 Å². The minimum atomic E-state index is -2.95. The molecule has 74 valence electrons. The third-order valence-corrected chi connectivity index (χ3v) is 1.94. The summed E-state index contributed by atoms with van der Waals surface area (Å²) in [5.41, 5.74) is 0.730. The molecule has 1 heterocycles. The van der Waals surface area contributed by atoms with Crippen LogP contribution < -0.4 is 4.74 Å². The molecule has 0 saturated carbocycles. The number of fused-ring (bicyclic) bond motifs is 1. The summed E-state index contributed by atoms with van der Waals surface area (Å²) >= 11 is 0. The van der Waals surface area contributed by atoms with E-state index in [0.717, 1.165) is 12.5 Å². The Bertz CT molecular complexity index is 371. The van der Waals surface area contributed by atoms with Crippen molar-refractivity contribution in [1.82, 2.24) is 0 Å². The first kappa shape index (κ1) is 9.12. The smallest absolute Gasteiger partial charge is 0.301 e. The highest BCUT2D eigenvalue weighted by Crippen LogP contribution is 2.28. The van der Waals surface area contributed by atoms with Gasteiger partial charge in [-0.1, -0.05) is 12.1 Å². The van der Waals surface area contributed by atoms with Crippen LogP contribution in [0.15, 0.2) is 29.3 Å². The zero-order valence-corrected chi connectivity index (χ0v) is 7.58. The lowest BCUT2D eigenvalue weighted by Crippen LogP contribution is -2.35. The van der Waals surface area contributed by atoms with Crippen molar-refractivity contribution < 1.29 is 13.5 Å². The van der Waals surface area contributed by atoms with E-state index in [-0.39, 0.29) is 0 Å². The van der Waals surface area contributed by atoms with E-state index < -0.39 is 12.2 Å². The maximum absolute atomic E-state index is 12.9. The quantitative estimate of drug-likeness (QED) is 0.677. The Labute approximate surface area is 80.2 Å². The van der Waals surface area contributed by atoms with Gasteiger partial charge in [-0.25, -0.2) is 13.8 Å². The van der Waals surface area contributed by atoms with Gasteiger partial charge < -0.3 is 4.74 Å². The van der Waals surface area contributed by atoms with Gasteiger partial charge in [-0.05, 0) is 12.1 Å². The second-order valence-corrected chi connectivity index (χ2v) is 3.24. The van der Waals surface area contributed by atoms with E-state index in [4.69, 9.17) is 4.74 Å². The summed E-state index contributed by atoms with van der Waals surface area (Å²) in [5.74, 6) is -2.50. The summed E-state index contributed by atoms with van der Waals surface area (Å²) < 4.78 is 30.8. The second kappa shape index (κ2) is 3.04. The second-order valence-electron chi connectivity index (χ2n) is 3.24. The van der Waals surface area contributed by atoms with E-state index >= 15 is 0 Å². The first-order chi connectivity index (χ1) is 6.57. The molecular formula is C10H9F2NO. The highest BCUT2D eigenvalue weighted by molar-refractivity contribution is 5.84. The van der Waals surface area contributed by atoms with Gasteiger partial charge in [0, 0.05) is 18.7 Å². The maximum Gasteiger partial charge on any atom is 0.301 e. The zero-order valence-electron chi connectivity index (χ0n) is 7.58. The Morgan fingerprint density at radius 1 is 1.36 bits per heavy atom. The summed E-state index contributed by atoms with van der Waals surface area (Å²) in [6, 6.07) is 6.96. The molecule has 1 aromatic rings. The molecule has 2 rings (SSSR count). The van der Waals surface area contributed by atoms with E-state index in [0.29, 0.717) is 5.75 Å². The lowest BCUT2D eigenvalue weighted by molar-refractivity contribution is -0.0770. The van der Waals surface area contributed by atoms with Crippen LogP contribution in [0.25, 0.3) is 0 Å². The van der Waals surface area contributed by atoms with Gasteiger partial charge in [-0.3, -0.25) is 0 Å². The SMILES string of the molecule is CC(F)(F)C1N=Cc2ccccc2O1. The molecule has 0 aliphatic carbocycles. The number of benzene rings is 1. The average molecular weight is 197 g/mol. The molecule has 2 nitrogen and oxygen atoms in total. The third kappa shape index (κ3) is 1.60. The monoisotopic (exact) mass is 197 g/mol. The molecule has 0 bridgehead atoms. The van der Waals surface area contributed by atoms with Gasteiger partial charge in [0.15, 0.2) is 0 Å². The fourth-order valence-corrected chi connectivity index (χ4v) is 1.23. The van der Waals surface area contributed by atoms with E-state index in [2.05, 4.69) is 4.99 Å². The molecule has 0 saturated heterocycles. The number of aliphatic imine (C=N–C) groups is 1. The molecule has 1 aliphatic heterocycles. The number of halogens is 2. The van der Waals surface area contributed by atoms with Crippen LogP contribution in [-0.2, 0) is 0 Å². The largest absolute Gasteiger partial charge is 0.462 e.